The van der Waals surface area contributed by atoms with Gasteiger partial charge in [0.2, 0.25) is 0 Å². The molecule has 0 aliphatic carbocycles. The molecule has 0 aliphatic rings. The first-order valence-electron chi connectivity index (χ1n) is 9.35. The van der Waals surface area contributed by atoms with E-state index in [2.05, 4.69) is 24.3 Å². The van der Waals surface area contributed by atoms with Crippen molar-refractivity contribution in [2.45, 2.75) is 25.3 Å². The summed E-state index contributed by atoms with van der Waals surface area (Å²) in [4.78, 5) is 3.87. The van der Waals surface area contributed by atoms with E-state index in [4.69, 9.17) is 0 Å². The van der Waals surface area contributed by atoms with Crippen LogP contribution in [0.5, 0.6) is 0 Å². The molecule has 4 rings (SSSR count). The minimum Gasteiger partial charge on any atom is -0.223 e. The van der Waals surface area contributed by atoms with Gasteiger partial charge in [0.25, 0.3) is 0 Å². The van der Waals surface area contributed by atoms with E-state index in [9.17, 15) is 8.42 Å². The van der Waals surface area contributed by atoms with E-state index in [1.165, 1.54) is 9.79 Å². The molecule has 0 bridgehead atoms. The van der Waals surface area contributed by atoms with E-state index in [1.807, 2.05) is 78.9 Å². The van der Waals surface area contributed by atoms with Crippen molar-refractivity contribution in [3.8, 4) is 0 Å². The Morgan fingerprint density at radius 1 is 0.517 bits per heavy atom. The van der Waals surface area contributed by atoms with Crippen LogP contribution in [-0.4, -0.2) is 8.42 Å². The molecule has 0 fully saturated rings. The second kappa shape index (κ2) is 8.68. The minimum absolute atomic E-state index is 0.0102. The van der Waals surface area contributed by atoms with Gasteiger partial charge < -0.3 is 0 Å². The molecule has 0 heterocycles. The molecular formula is C25H21O2S2+. The highest BCUT2D eigenvalue weighted by atomic mass is 32.2. The van der Waals surface area contributed by atoms with Crippen molar-refractivity contribution >= 4 is 20.7 Å². The highest BCUT2D eigenvalue weighted by Crippen LogP contribution is 2.31. The Bertz CT molecular complexity index is 1120. The molecule has 0 atom stereocenters. The van der Waals surface area contributed by atoms with Gasteiger partial charge in [0.15, 0.2) is 24.5 Å². The highest BCUT2D eigenvalue weighted by molar-refractivity contribution is 7.97. The molecule has 4 heteroatoms. The Labute approximate surface area is 175 Å². The monoisotopic (exact) mass is 417 g/mol. The molecule has 0 aromatic heterocycles. The molecule has 0 radical (unpaired) electrons. The van der Waals surface area contributed by atoms with Crippen molar-refractivity contribution in [2.24, 2.45) is 0 Å². The molecule has 0 aliphatic heterocycles. The van der Waals surface area contributed by atoms with Crippen molar-refractivity contribution in [3.63, 3.8) is 0 Å². The molecule has 0 unspecified atom stereocenters. The molecule has 29 heavy (non-hydrogen) atoms. The Morgan fingerprint density at radius 2 is 0.931 bits per heavy atom. The summed E-state index contributed by atoms with van der Waals surface area (Å²) in [5.41, 5.74) is 0.796. The van der Waals surface area contributed by atoms with Crippen LogP contribution in [0.15, 0.2) is 135 Å². The summed E-state index contributed by atoms with van der Waals surface area (Å²) >= 11 is 0. The van der Waals surface area contributed by atoms with E-state index >= 15 is 0 Å². The predicted octanol–water partition coefficient (Wildman–Crippen LogP) is 5.76. The molecule has 144 valence electrons. The molecule has 0 saturated carbocycles. The lowest BCUT2D eigenvalue weighted by atomic mass is 10.2. The lowest BCUT2D eigenvalue weighted by Crippen LogP contribution is -2.07. The zero-order valence-electron chi connectivity index (χ0n) is 15.8. The molecule has 4 aromatic carbocycles. The number of benzene rings is 4. The first-order chi connectivity index (χ1) is 14.1. The van der Waals surface area contributed by atoms with Crippen molar-refractivity contribution in [3.05, 3.63) is 121 Å². The lowest BCUT2D eigenvalue weighted by molar-refractivity contribution is 0.595. The molecule has 2 nitrogen and oxygen atoms in total. The number of sulfone groups is 1. The summed E-state index contributed by atoms with van der Waals surface area (Å²) in [5, 5.41) is 0. The van der Waals surface area contributed by atoms with E-state index in [0.29, 0.717) is 4.90 Å². The van der Waals surface area contributed by atoms with Gasteiger partial charge in [-0.05, 0) is 54.1 Å². The Morgan fingerprint density at radius 3 is 1.41 bits per heavy atom. The van der Waals surface area contributed by atoms with E-state index in [-0.39, 0.29) is 16.6 Å². The van der Waals surface area contributed by atoms with Gasteiger partial charge >= 0.3 is 0 Å². The first-order valence-corrected chi connectivity index (χ1v) is 12.2. The summed E-state index contributed by atoms with van der Waals surface area (Å²) in [6.07, 6.45) is 0. The van der Waals surface area contributed by atoms with Gasteiger partial charge in [-0.1, -0.05) is 66.7 Å². The van der Waals surface area contributed by atoms with Crippen LogP contribution in [0.4, 0.5) is 0 Å². The summed E-state index contributed by atoms with van der Waals surface area (Å²) in [5.74, 6) is 0.0102. The van der Waals surface area contributed by atoms with Gasteiger partial charge in [0, 0.05) is 0 Å². The maximum atomic E-state index is 12.8. The van der Waals surface area contributed by atoms with Gasteiger partial charge in [-0.25, -0.2) is 8.42 Å². The fourth-order valence-electron chi connectivity index (χ4n) is 3.18. The Hall–Kier alpha value is -2.82. The quantitative estimate of drug-likeness (QED) is 0.374. The maximum absolute atomic E-state index is 12.8. The average molecular weight is 418 g/mol. The van der Waals surface area contributed by atoms with Crippen LogP contribution >= 0.6 is 0 Å². The minimum atomic E-state index is -3.38. The average Bonchev–Trinajstić information content (AvgIpc) is 2.76. The molecule has 0 saturated heterocycles. The normalized spacial score (nSPS) is 11.5. The van der Waals surface area contributed by atoms with E-state index in [0.717, 1.165) is 10.5 Å². The van der Waals surface area contributed by atoms with Crippen LogP contribution in [0, 0.1) is 0 Å². The number of hydrogen-bond acceptors (Lipinski definition) is 2. The smallest absolute Gasteiger partial charge is 0.182 e. The van der Waals surface area contributed by atoms with Crippen LogP contribution in [0.2, 0.25) is 0 Å². The van der Waals surface area contributed by atoms with Gasteiger partial charge in [-0.2, -0.15) is 0 Å². The summed E-state index contributed by atoms with van der Waals surface area (Å²) in [6, 6.07) is 37.3. The molecule has 0 amide bonds. The van der Waals surface area contributed by atoms with Gasteiger partial charge in [0.05, 0.1) is 21.5 Å². The van der Waals surface area contributed by atoms with Crippen LogP contribution in [0.25, 0.3) is 0 Å². The Balaban J connectivity index is 1.68. The standard InChI is InChI=1S/C25H21O2S2/c26-29(27,20-21-10-4-1-5-11-21)25-18-16-24(17-19-25)28(22-12-6-2-7-13-22)23-14-8-3-9-15-23/h1-19H,20H2/q+1. The Kier molecular flexibility index (Phi) is 5.84. The lowest BCUT2D eigenvalue weighted by Gasteiger charge is -2.09. The fraction of sp³-hybridized carbons (Fsp3) is 0.0400. The molecular weight excluding hydrogens is 396 g/mol. The maximum Gasteiger partial charge on any atom is 0.182 e. The fourth-order valence-corrected chi connectivity index (χ4v) is 6.61. The number of rotatable bonds is 6. The van der Waals surface area contributed by atoms with E-state index in [1.54, 1.807) is 12.1 Å². The summed E-state index contributed by atoms with van der Waals surface area (Å²) in [7, 11) is -3.66. The van der Waals surface area contributed by atoms with Crippen molar-refractivity contribution in [1.29, 1.82) is 0 Å². The van der Waals surface area contributed by atoms with Crippen molar-refractivity contribution in [1.82, 2.24) is 0 Å². The second-order valence-corrected chi connectivity index (χ2v) is 10.7. The zero-order valence-corrected chi connectivity index (χ0v) is 17.4. The summed E-state index contributed by atoms with van der Waals surface area (Å²) < 4.78 is 25.6. The zero-order chi connectivity index (χ0) is 20.1. The third-order valence-electron chi connectivity index (χ3n) is 4.58. The van der Waals surface area contributed by atoms with Crippen molar-refractivity contribution < 1.29 is 8.42 Å². The van der Waals surface area contributed by atoms with Gasteiger partial charge in [-0.3, -0.25) is 0 Å². The summed E-state index contributed by atoms with van der Waals surface area (Å²) in [6.45, 7) is 0. The number of hydrogen-bond donors (Lipinski definition) is 0. The molecule has 0 N–H and O–H groups in total. The topological polar surface area (TPSA) is 34.1 Å². The second-order valence-electron chi connectivity index (χ2n) is 6.65. The third kappa shape index (κ3) is 4.61. The SMILES string of the molecule is O=S(=O)(Cc1ccccc1)c1ccc([S+](c2ccccc2)c2ccccc2)cc1. The van der Waals surface area contributed by atoms with Crippen LogP contribution in [0.3, 0.4) is 0 Å². The largest absolute Gasteiger partial charge is 0.223 e. The highest BCUT2D eigenvalue weighted by Gasteiger charge is 2.28. The third-order valence-corrected chi connectivity index (χ3v) is 8.51. The van der Waals surface area contributed by atoms with Gasteiger partial charge in [0.1, 0.15) is 0 Å². The molecule has 0 spiro atoms. The van der Waals surface area contributed by atoms with Gasteiger partial charge in [-0.15, -0.1) is 0 Å². The van der Waals surface area contributed by atoms with Crippen LogP contribution < -0.4 is 0 Å². The van der Waals surface area contributed by atoms with Crippen molar-refractivity contribution in [2.75, 3.05) is 0 Å². The van der Waals surface area contributed by atoms with Crippen LogP contribution in [0.1, 0.15) is 5.56 Å². The van der Waals surface area contributed by atoms with Crippen LogP contribution in [-0.2, 0) is 26.5 Å². The predicted molar refractivity (Wildman–Crippen MR) is 119 cm³/mol. The first kappa shape index (κ1) is 19.5. The molecule has 4 aromatic rings. The van der Waals surface area contributed by atoms with E-state index < -0.39 is 9.84 Å².